The molecule has 0 spiro atoms. The molecule has 1 radical (unpaired) electrons. The second-order valence-corrected chi connectivity index (χ2v) is 2.23. The molecule has 0 aliphatic heterocycles. The van der Waals surface area contributed by atoms with E-state index in [2.05, 4.69) is 0 Å². The minimum Gasteiger partial charge on any atom is -0.242 e. The van der Waals surface area contributed by atoms with Crippen LogP contribution >= 0.6 is 25.1 Å². The van der Waals surface area contributed by atoms with Gasteiger partial charge in [-0.3, -0.25) is 0 Å². The molecule has 59 valence electrons. The van der Waals surface area contributed by atoms with Gasteiger partial charge >= 0.3 is 5.97 Å². The summed E-state index contributed by atoms with van der Waals surface area (Å²) < 4.78 is 0. The van der Waals surface area contributed by atoms with Gasteiger partial charge in [-0.25, -0.2) is 9.90 Å². The van der Waals surface area contributed by atoms with Crippen LogP contribution in [0, 0.1) is 0 Å². The number of benzene rings is 1. The van der Waals surface area contributed by atoms with E-state index in [9.17, 15) is 9.90 Å². The summed E-state index contributed by atoms with van der Waals surface area (Å²) in [5.74, 6) is -1.18. The molecule has 11 heavy (non-hydrogen) atoms. The first-order valence-electron chi connectivity index (χ1n) is 2.67. The molecule has 1 aromatic carbocycles. The van der Waals surface area contributed by atoms with Crippen LogP contribution in [0.15, 0.2) is 24.3 Å². The first-order chi connectivity index (χ1) is 4.70. The lowest BCUT2D eigenvalue weighted by Gasteiger charge is -1.89. The number of carbonyl (C=O) groups excluding carboxylic acids is 1. The molecule has 0 atom stereocenters. The van der Waals surface area contributed by atoms with Crippen molar-refractivity contribution >= 4 is 31.1 Å². The summed E-state index contributed by atoms with van der Waals surface area (Å²) in [7, 11) is 0. The van der Waals surface area contributed by atoms with Crippen LogP contribution in [0.1, 0.15) is 10.4 Å². The van der Waals surface area contributed by atoms with Crippen molar-refractivity contribution in [2.45, 2.75) is 0 Å². The van der Waals surface area contributed by atoms with Crippen LogP contribution in [-0.2, 0) is 5.11 Å². The Morgan fingerprint density at radius 3 is 2.00 bits per heavy atom. The van der Waals surface area contributed by atoms with E-state index in [1.54, 1.807) is 0 Å². The molecule has 0 saturated carbocycles. The Balaban J connectivity index is 0.000001000. The molecule has 1 rings (SSSR count). The predicted molar refractivity (Wildman–Crippen MR) is 46.9 cm³/mol. The Morgan fingerprint density at radius 1 is 1.18 bits per heavy atom. The molecule has 0 N–H and O–H groups in total. The van der Waals surface area contributed by atoms with E-state index in [1.807, 2.05) is 0 Å². The third-order valence-electron chi connectivity index (χ3n) is 1.08. The zero-order chi connectivity index (χ0) is 7.56. The van der Waals surface area contributed by atoms with Gasteiger partial charge in [0.05, 0.1) is 5.56 Å². The Morgan fingerprint density at radius 2 is 1.64 bits per heavy atom. The average molecular weight is 190 g/mol. The number of hydrogen-bond donors (Lipinski definition) is 0. The fourth-order valence-electron chi connectivity index (χ4n) is 0.586. The zero-order valence-corrected chi connectivity index (χ0v) is 7.26. The van der Waals surface area contributed by atoms with Gasteiger partial charge in [-0.15, -0.1) is 0 Å². The molecule has 0 amide bonds. The largest absolute Gasteiger partial charge is 0.386 e. The summed E-state index contributed by atoms with van der Waals surface area (Å²) in [5, 5.41) is 10.7. The third kappa shape index (κ3) is 2.82. The van der Waals surface area contributed by atoms with E-state index in [1.165, 1.54) is 24.3 Å². The van der Waals surface area contributed by atoms with Gasteiger partial charge in [0.2, 0.25) is 0 Å². The fraction of sp³-hybridized carbons (Fsp3) is 0. The van der Waals surface area contributed by atoms with Gasteiger partial charge in [0.25, 0.3) is 0 Å². The molecule has 0 unspecified atom stereocenters. The van der Waals surface area contributed by atoms with E-state index in [-0.39, 0.29) is 19.1 Å². The average Bonchev–Trinajstić information content (AvgIpc) is 1.88. The van der Waals surface area contributed by atoms with E-state index < -0.39 is 5.97 Å². The number of hydrogen-bond acceptors (Lipinski definition) is 1. The maximum Gasteiger partial charge on any atom is 0.386 e. The number of carbonyl (C=O) groups is 1. The standard InChI is InChI=1S/C7H4ClO2.H2S/c8-6-3-1-5(2-4-6)7(9)10;/h1-4H;1H2. The highest BCUT2D eigenvalue weighted by Gasteiger charge is 2.01. The highest BCUT2D eigenvalue weighted by Crippen LogP contribution is 2.08. The number of halogens is 1. The van der Waals surface area contributed by atoms with Crippen molar-refractivity contribution < 1.29 is 9.90 Å². The van der Waals surface area contributed by atoms with E-state index >= 15 is 0 Å². The van der Waals surface area contributed by atoms with Gasteiger partial charge in [-0.1, -0.05) is 11.6 Å². The van der Waals surface area contributed by atoms with Gasteiger partial charge in [0.15, 0.2) is 0 Å². The topological polar surface area (TPSA) is 37.0 Å². The first kappa shape index (κ1) is 10.3. The molecule has 4 heteroatoms. The van der Waals surface area contributed by atoms with Crippen LogP contribution in [0.3, 0.4) is 0 Å². The molecular weight excluding hydrogens is 184 g/mol. The number of rotatable bonds is 1. The van der Waals surface area contributed by atoms with Crippen LogP contribution in [0.4, 0.5) is 0 Å². The molecule has 0 aliphatic carbocycles. The molecule has 0 fully saturated rings. The smallest absolute Gasteiger partial charge is 0.242 e. The van der Waals surface area contributed by atoms with Crippen LogP contribution in [0.5, 0.6) is 0 Å². The predicted octanol–water partition coefficient (Wildman–Crippen LogP) is 2.02. The lowest BCUT2D eigenvalue weighted by Crippen LogP contribution is -1.91. The van der Waals surface area contributed by atoms with Gasteiger partial charge in [-0.05, 0) is 24.3 Å². The SMILES string of the molecule is S.[O]C(=O)c1ccc(Cl)cc1. The summed E-state index contributed by atoms with van der Waals surface area (Å²) >= 11 is 5.50. The van der Waals surface area contributed by atoms with Crippen molar-refractivity contribution in [2.24, 2.45) is 0 Å². The van der Waals surface area contributed by atoms with E-state index in [0.29, 0.717) is 5.02 Å². The summed E-state index contributed by atoms with van der Waals surface area (Å²) in [4.78, 5) is 10.2. The zero-order valence-electron chi connectivity index (χ0n) is 5.50. The molecule has 1 aromatic rings. The van der Waals surface area contributed by atoms with Gasteiger partial charge in [-0.2, -0.15) is 13.5 Å². The molecule has 0 bridgehead atoms. The van der Waals surface area contributed by atoms with Gasteiger partial charge in [0, 0.05) is 5.02 Å². The molecule has 2 nitrogen and oxygen atoms in total. The van der Waals surface area contributed by atoms with Crippen molar-refractivity contribution in [3.8, 4) is 0 Å². The summed E-state index contributed by atoms with van der Waals surface area (Å²) in [6.07, 6.45) is 0. The minimum atomic E-state index is -1.18. The van der Waals surface area contributed by atoms with Crippen molar-refractivity contribution in [1.82, 2.24) is 0 Å². The normalized spacial score (nSPS) is 8.45. The molecule has 0 aliphatic rings. The van der Waals surface area contributed by atoms with E-state index in [4.69, 9.17) is 11.6 Å². The van der Waals surface area contributed by atoms with E-state index in [0.717, 1.165) is 0 Å². The quantitative estimate of drug-likeness (QED) is 0.666. The summed E-state index contributed by atoms with van der Waals surface area (Å²) in [5.41, 5.74) is 0.143. The van der Waals surface area contributed by atoms with Crippen molar-refractivity contribution in [3.63, 3.8) is 0 Å². The molecule has 0 aromatic heterocycles. The van der Waals surface area contributed by atoms with Gasteiger partial charge < -0.3 is 0 Å². The molecule has 0 heterocycles. The highest BCUT2D eigenvalue weighted by molar-refractivity contribution is 7.59. The molecule has 0 saturated heterocycles. The monoisotopic (exact) mass is 189 g/mol. The van der Waals surface area contributed by atoms with Crippen molar-refractivity contribution in [2.75, 3.05) is 0 Å². The van der Waals surface area contributed by atoms with Crippen LogP contribution in [0.2, 0.25) is 5.02 Å². The fourth-order valence-corrected chi connectivity index (χ4v) is 0.712. The Bertz CT molecular complexity index is 245. The van der Waals surface area contributed by atoms with Gasteiger partial charge in [0.1, 0.15) is 0 Å². The summed E-state index contributed by atoms with van der Waals surface area (Å²) in [6.45, 7) is 0. The summed E-state index contributed by atoms with van der Waals surface area (Å²) in [6, 6.07) is 5.81. The van der Waals surface area contributed by atoms with Crippen LogP contribution in [0.25, 0.3) is 0 Å². The minimum absolute atomic E-state index is 0. The maximum absolute atomic E-state index is 10.2. The van der Waals surface area contributed by atoms with Crippen molar-refractivity contribution in [1.29, 1.82) is 0 Å². The second kappa shape index (κ2) is 4.26. The first-order valence-corrected chi connectivity index (χ1v) is 3.05. The third-order valence-corrected chi connectivity index (χ3v) is 1.33. The van der Waals surface area contributed by atoms with Crippen LogP contribution in [-0.4, -0.2) is 5.97 Å². The highest BCUT2D eigenvalue weighted by atomic mass is 35.5. The van der Waals surface area contributed by atoms with Crippen LogP contribution < -0.4 is 0 Å². The Labute approximate surface area is 76.2 Å². The Kier molecular flexibility index (Phi) is 4.00. The lowest BCUT2D eigenvalue weighted by molar-refractivity contribution is 0.0573. The lowest BCUT2D eigenvalue weighted by atomic mass is 10.2. The maximum atomic E-state index is 10.2. The molecular formula is C7H6ClO2S. The van der Waals surface area contributed by atoms with Crippen molar-refractivity contribution in [3.05, 3.63) is 34.9 Å². The Hall–Kier alpha value is -0.670. The second-order valence-electron chi connectivity index (χ2n) is 1.79.